The minimum Gasteiger partial charge on any atom is -0.351 e. The SMILES string of the molecule is CNCCC1CCN(CC(=O)NCc2cccc(C)c2)CC1.Cl. The number of aryl methyl sites for hydroxylation is 1. The lowest BCUT2D eigenvalue weighted by molar-refractivity contribution is -0.122. The molecule has 1 saturated heterocycles. The molecule has 0 spiro atoms. The summed E-state index contributed by atoms with van der Waals surface area (Å²) >= 11 is 0. The number of amides is 1. The van der Waals surface area contributed by atoms with Gasteiger partial charge in [0.1, 0.15) is 0 Å². The summed E-state index contributed by atoms with van der Waals surface area (Å²) < 4.78 is 0. The zero-order chi connectivity index (χ0) is 15.8. The highest BCUT2D eigenvalue weighted by atomic mass is 35.5. The minimum atomic E-state index is 0. The smallest absolute Gasteiger partial charge is 0.234 e. The molecule has 1 aromatic rings. The molecule has 130 valence electrons. The van der Waals surface area contributed by atoms with E-state index in [1.165, 1.54) is 30.4 Å². The monoisotopic (exact) mass is 339 g/mol. The van der Waals surface area contributed by atoms with E-state index in [-0.39, 0.29) is 18.3 Å². The van der Waals surface area contributed by atoms with Gasteiger partial charge in [-0.2, -0.15) is 0 Å². The molecule has 5 heteroatoms. The van der Waals surface area contributed by atoms with Crippen molar-refractivity contribution in [2.75, 3.05) is 33.2 Å². The molecular formula is C18H30ClN3O. The van der Waals surface area contributed by atoms with E-state index in [4.69, 9.17) is 0 Å². The molecule has 0 bridgehead atoms. The van der Waals surface area contributed by atoms with Crippen molar-refractivity contribution < 1.29 is 4.79 Å². The van der Waals surface area contributed by atoms with Crippen LogP contribution < -0.4 is 10.6 Å². The highest BCUT2D eigenvalue weighted by Gasteiger charge is 2.20. The van der Waals surface area contributed by atoms with Gasteiger partial charge in [-0.15, -0.1) is 12.4 Å². The molecule has 0 atom stereocenters. The van der Waals surface area contributed by atoms with Gasteiger partial charge < -0.3 is 10.6 Å². The van der Waals surface area contributed by atoms with Crippen LogP contribution >= 0.6 is 12.4 Å². The Morgan fingerprint density at radius 1 is 1.30 bits per heavy atom. The number of benzene rings is 1. The van der Waals surface area contributed by atoms with Gasteiger partial charge in [-0.3, -0.25) is 9.69 Å². The molecule has 1 aliphatic rings. The number of nitrogens with one attached hydrogen (secondary N) is 2. The Labute approximate surface area is 146 Å². The summed E-state index contributed by atoms with van der Waals surface area (Å²) in [7, 11) is 2.01. The molecule has 1 amide bonds. The van der Waals surface area contributed by atoms with Crippen molar-refractivity contribution in [1.82, 2.24) is 15.5 Å². The van der Waals surface area contributed by atoms with Crippen LogP contribution in [0.2, 0.25) is 0 Å². The van der Waals surface area contributed by atoms with Crippen LogP contribution in [-0.4, -0.2) is 44.0 Å². The van der Waals surface area contributed by atoms with Crippen LogP contribution in [0.25, 0.3) is 0 Å². The number of carbonyl (C=O) groups is 1. The van der Waals surface area contributed by atoms with Gasteiger partial charge in [0.25, 0.3) is 0 Å². The highest BCUT2D eigenvalue weighted by Crippen LogP contribution is 2.19. The summed E-state index contributed by atoms with van der Waals surface area (Å²) in [6.07, 6.45) is 3.68. The van der Waals surface area contributed by atoms with Crippen molar-refractivity contribution in [3.63, 3.8) is 0 Å². The molecule has 2 rings (SSSR count). The van der Waals surface area contributed by atoms with E-state index in [9.17, 15) is 4.79 Å². The predicted molar refractivity (Wildman–Crippen MR) is 98.0 cm³/mol. The van der Waals surface area contributed by atoms with E-state index in [0.29, 0.717) is 13.1 Å². The first-order chi connectivity index (χ1) is 10.7. The first kappa shape index (κ1) is 19.9. The van der Waals surface area contributed by atoms with Crippen molar-refractivity contribution >= 4 is 18.3 Å². The van der Waals surface area contributed by atoms with Crippen molar-refractivity contribution in [1.29, 1.82) is 0 Å². The van der Waals surface area contributed by atoms with Crippen LogP contribution in [0.4, 0.5) is 0 Å². The van der Waals surface area contributed by atoms with Crippen LogP contribution in [0.15, 0.2) is 24.3 Å². The number of rotatable bonds is 7. The van der Waals surface area contributed by atoms with E-state index in [2.05, 4.69) is 40.7 Å². The summed E-state index contributed by atoms with van der Waals surface area (Å²) in [6.45, 7) is 6.42. The van der Waals surface area contributed by atoms with Gasteiger partial charge in [0.15, 0.2) is 0 Å². The largest absolute Gasteiger partial charge is 0.351 e. The van der Waals surface area contributed by atoms with Gasteiger partial charge in [-0.05, 0) is 64.3 Å². The Hall–Kier alpha value is -1.10. The topological polar surface area (TPSA) is 44.4 Å². The number of halogens is 1. The molecule has 0 radical (unpaired) electrons. The van der Waals surface area contributed by atoms with Gasteiger partial charge in [-0.1, -0.05) is 29.8 Å². The molecular weight excluding hydrogens is 310 g/mol. The first-order valence-electron chi connectivity index (χ1n) is 8.36. The third-order valence-electron chi connectivity index (χ3n) is 4.45. The quantitative estimate of drug-likeness (QED) is 0.801. The fraction of sp³-hybridized carbons (Fsp3) is 0.611. The van der Waals surface area contributed by atoms with Crippen LogP contribution in [0.3, 0.4) is 0 Å². The summed E-state index contributed by atoms with van der Waals surface area (Å²) in [5, 5.41) is 6.25. The number of nitrogens with zero attached hydrogens (tertiary/aromatic N) is 1. The molecule has 23 heavy (non-hydrogen) atoms. The summed E-state index contributed by atoms with van der Waals surface area (Å²) in [5.41, 5.74) is 2.40. The Balaban J connectivity index is 0.00000264. The van der Waals surface area contributed by atoms with Gasteiger partial charge in [0, 0.05) is 6.54 Å². The maximum absolute atomic E-state index is 12.1. The number of carbonyl (C=O) groups excluding carboxylic acids is 1. The average Bonchev–Trinajstić information content (AvgIpc) is 2.52. The lowest BCUT2D eigenvalue weighted by Gasteiger charge is -2.31. The fourth-order valence-electron chi connectivity index (χ4n) is 3.06. The van der Waals surface area contributed by atoms with Crippen LogP contribution in [-0.2, 0) is 11.3 Å². The molecule has 1 aromatic carbocycles. The Bertz CT molecular complexity index is 473. The van der Waals surface area contributed by atoms with E-state index in [0.717, 1.165) is 25.6 Å². The van der Waals surface area contributed by atoms with Gasteiger partial charge in [-0.25, -0.2) is 0 Å². The van der Waals surface area contributed by atoms with Crippen molar-refractivity contribution in [2.45, 2.75) is 32.7 Å². The number of hydrogen-bond donors (Lipinski definition) is 2. The van der Waals surface area contributed by atoms with Crippen molar-refractivity contribution in [3.8, 4) is 0 Å². The molecule has 0 aromatic heterocycles. The molecule has 1 heterocycles. The first-order valence-corrected chi connectivity index (χ1v) is 8.36. The zero-order valence-electron chi connectivity index (χ0n) is 14.3. The summed E-state index contributed by atoms with van der Waals surface area (Å²) in [5.74, 6) is 0.953. The fourth-order valence-corrected chi connectivity index (χ4v) is 3.06. The highest BCUT2D eigenvalue weighted by molar-refractivity contribution is 5.85. The second kappa shape index (κ2) is 10.6. The molecule has 1 aliphatic heterocycles. The number of likely N-dealkylation sites (tertiary alicyclic amines) is 1. The van der Waals surface area contributed by atoms with Crippen molar-refractivity contribution in [3.05, 3.63) is 35.4 Å². The molecule has 0 saturated carbocycles. The standard InChI is InChI=1S/C18H29N3O.ClH/c1-15-4-3-5-17(12-15)13-20-18(22)14-21-10-7-16(8-11-21)6-9-19-2;/h3-5,12,16,19H,6-11,13-14H2,1-2H3,(H,20,22);1H. The maximum atomic E-state index is 12.1. The van der Waals surface area contributed by atoms with E-state index < -0.39 is 0 Å². The van der Waals surface area contributed by atoms with Gasteiger partial charge in [0.05, 0.1) is 6.54 Å². The third-order valence-corrected chi connectivity index (χ3v) is 4.45. The van der Waals surface area contributed by atoms with E-state index >= 15 is 0 Å². The normalized spacial score (nSPS) is 15.9. The van der Waals surface area contributed by atoms with Gasteiger partial charge >= 0.3 is 0 Å². The second-order valence-corrected chi connectivity index (χ2v) is 6.38. The number of piperidine rings is 1. The van der Waals surface area contributed by atoms with Crippen molar-refractivity contribution in [2.24, 2.45) is 5.92 Å². The zero-order valence-corrected chi connectivity index (χ0v) is 15.1. The second-order valence-electron chi connectivity index (χ2n) is 6.38. The molecule has 0 unspecified atom stereocenters. The molecule has 4 nitrogen and oxygen atoms in total. The van der Waals surface area contributed by atoms with E-state index in [1.807, 2.05) is 13.1 Å². The molecule has 1 fully saturated rings. The van der Waals surface area contributed by atoms with Crippen LogP contribution in [0.5, 0.6) is 0 Å². The summed E-state index contributed by atoms with van der Waals surface area (Å²) in [4.78, 5) is 14.3. The third kappa shape index (κ3) is 7.34. The Morgan fingerprint density at radius 2 is 2.04 bits per heavy atom. The lowest BCUT2D eigenvalue weighted by Crippen LogP contribution is -2.41. The van der Waals surface area contributed by atoms with Crippen LogP contribution in [0.1, 0.15) is 30.4 Å². The maximum Gasteiger partial charge on any atom is 0.234 e. The molecule has 2 N–H and O–H groups in total. The summed E-state index contributed by atoms with van der Waals surface area (Å²) in [6, 6.07) is 8.28. The average molecular weight is 340 g/mol. The van der Waals surface area contributed by atoms with E-state index in [1.54, 1.807) is 0 Å². The Morgan fingerprint density at radius 3 is 2.70 bits per heavy atom. The van der Waals surface area contributed by atoms with Gasteiger partial charge in [0.2, 0.25) is 5.91 Å². The predicted octanol–water partition coefficient (Wildman–Crippen LogP) is 2.35. The lowest BCUT2D eigenvalue weighted by atomic mass is 9.93. The number of hydrogen-bond acceptors (Lipinski definition) is 3. The minimum absolute atomic E-state index is 0. The molecule has 0 aliphatic carbocycles. The van der Waals surface area contributed by atoms with Crippen LogP contribution in [0, 0.1) is 12.8 Å². The Kier molecular flexibility index (Phi) is 9.22.